The van der Waals surface area contributed by atoms with E-state index in [1.165, 1.54) is 32.1 Å². The summed E-state index contributed by atoms with van der Waals surface area (Å²) in [6, 6.07) is 0.410. The largest absolute Gasteiger partial charge is 0.422 e. The monoisotopic (exact) mass is 154 g/mol. The van der Waals surface area contributed by atoms with Crippen LogP contribution in [0, 0.1) is 0 Å². The molecular formula is C9H16NO+. The Balaban J connectivity index is 2.31. The van der Waals surface area contributed by atoms with Crippen molar-refractivity contribution < 1.29 is 9.79 Å². The van der Waals surface area contributed by atoms with Crippen molar-refractivity contribution in [3.63, 3.8) is 0 Å². The molecule has 0 aromatic heterocycles. The van der Waals surface area contributed by atoms with Crippen molar-refractivity contribution in [1.29, 1.82) is 0 Å². The summed E-state index contributed by atoms with van der Waals surface area (Å²) in [6.45, 7) is 0. The molecule has 2 heteroatoms. The summed E-state index contributed by atoms with van der Waals surface area (Å²) < 4.78 is 0. The highest BCUT2D eigenvalue weighted by Crippen LogP contribution is 2.14. The zero-order valence-corrected chi connectivity index (χ0v) is 6.94. The van der Waals surface area contributed by atoms with E-state index in [9.17, 15) is 4.79 Å². The van der Waals surface area contributed by atoms with E-state index in [-0.39, 0.29) is 0 Å². The standard InChI is InChI=1S/C9H15NO/c11-8-10-9-6-4-2-1-3-5-7-9/h9H,1-7H2/p+1. The second kappa shape index (κ2) is 5.09. The van der Waals surface area contributed by atoms with E-state index in [1.807, 2.05) is 0 Å². The lowest BCUT2D eigenvalue weighted by atomic mass is 9.97. The van der Waals surface area contributed by atoms with Gasteiger partial charge in [-0.05, 0) is 12.8 Å². The molecule has 0 amide bonds. The van der Waals surface area contributed by atoms with Gasteiger partial charge in [0.15, 0.2) is 6.04 Å². The summed E-state index contributed by atoms with van der Waals surface area (Å²) >= 11 is 0. The molecule has 0 bridgehead atoms. The van der Waals surface area contributed by atoms with Crippen molar-refractivity contribution in [2.75, 3.05) is 0 Å². The average Bonchev–Trinajstić information content (AvgIpc) is 1.94. The van der Waals surface area contributed by atoms with Crippen LogP contribution < -0.4 is 4.99 Å². The summed E-state index contributed by atoms with van der Waals surface area (Å²) in [5.74, 6) is 0. The quantitative estimate of drug-likeness (QED) is 0.433. The van der Waals surface area contributed by atoms with Gasteiger partial charge < -0.3 is 0 Å². The van der Waals surface area contributed by atoms with Crippen LogP contribution in [0.2, 0.25) is 0 Å². The molecule has 1 N–H and O–H groups in total. The van der Waals surface area contributed by atoms with Crippen molar-refractivity contribution in [3.05, 3.63) is 0 Å². The van der Waals surface area contributed by atoms with Gasteiger partial charge in [-0.1, -0.05) is 19.3 Å². The third kappa shape index (κ3) is 3.33. The van der Waals surface area contributed by atoms with E-state index < -0.39 is 0 Å². The molecule has 0 aromatic carbocycles. The van der Waals surface area contributed by atoms with Gasteiger partial charge in [0.05, 0.1) is 0 Å². The van der Waals surface area contributed by atoms with Gasteiger partial charge in [-0.25, -0.2) is 0 Å². The Labute approximate surface area is 67.7 Å². The van der Waals surface area contributed by atoms with Crippen LogP contribution in [0.1, 0.15) is 44.9 Å². The zero-order chi connectivity index (χ0) is 7.94. The summed E-state index contributed by atoms with van der Waals surface area (Å²) in [5.41, 5.74) is 0. The first-order chi connectivity index (χ1) is 5.43. The van der Waals surface area contributed by atoms with Gasteiger partial charge in [0.2, 0.25) is 0 Å². The lowest BCUT2D eigenvalue weighted by Gasteiger charge is -2.09. The van der Waals surface area contributed by atoms with Crippen molar-refractivity contribution in [2.45, 2.75) is 51.0 Å². The Morgan fingerprint density at radius 2 is 1.55 bits per heavy atom. The number of isocyanates is 1. The summed E-state index contributed by atoms with van der Waals surface area (Å²) in [6.07, 6.45) is 10.6. The third-order valence-electron chi connectivity index (χ3n) is 2.37. The molecular weight excluding hydrogens is 138 g/mol. The van der Waals surface area contributed by atoms with Gasteiger partial charge in [0.25, 0.3) is 0 Å². The van der Waals surface area contributed by atoms with Gasteiger partial charge in [-0.2, -0.15) is 9.79 Å². The number of rotatable bonds is 1. The first kappa shape index (κ1) is 8.48. The predicted molar refractivity (Wildman–Crippen MR) is 42.8 cm³/mol. The number of nitrogens with one attached hydrogen (secondary N) is 1. The zero-order valence-electron chi connectivity index (χ0n) is 6.94. The molecule has 0 radical (unpaired) electrons. The topological polar surface area (TPSA) is 31.0 Å². The Bertz CT molecular complexity index is 142. The average molecular weight is 154 g/mol. The van der Waals surface area contributed by atoms with Gasteiger partial charge in [-0.15, -0.1) is 0 Å². The fourth-order valence-corrected chi connectivity index (χ4v) is 1.68. The molecule has 0 saturated heterocycles. The Kier molecular flexibility index (Phi) is 3.92. The fraction of sp³-hybridized carbons (Fsp3) is 0.889. The van der Waals surface area contributed by atoms with Crippen LogP contribution in [0.25, 0.3) is 0 Å². The van der Waals surface area contributed by atoms with E-state index >= 15 is 0 Å². The van der Waals surface area contributed by atoms with E-state index in [1.54, 1.807) is 6.08 Å². The molecule has 0 unspecified atom stereocenters. The number of hydrogen-bond donors (Lipinski definition) is 1. The normalized spacial score (nSPS) is 21.5. The van der Waals surface area contributed by atoms with Crippen LogP contribution in [-0.2, 0) is 4.79 Å². The van der Waals surface area contributed by atoms with Crippen LogP contribution in [0.4, 0.5) is 0 Å². The molecule has 0 heterocycles. The molecule has 1 fully saturated rings. The van der Waals surface area contributed by atoms with Gasteiger partial charge in [-0.3, -0.25) is 0 Å². The molecule has 0 atom stereocenters. The highest BCUT2D eigenvalue weighted by atomic mass is 16.1. The first-order valence-corrected chi connectivity index (χ1v) is 4.56. The molecule has 1 rings (SSSR count). The molecule has 0 aliphatic heterocycles. The van der Waals surface area contributed by atoms with Crippen LogP contribution in [0.5, 0.6) is 0 Å². The highest BCUT2D eigenvalue weighted by molar-refractivity contribution is 5.23. The Morgan fingerprint density at radius 1 is 1.00 bits per heavy atom. The van der Waals surface area contributed by atoms with Crippen molar-refractivity contribution in [3.8, 4) is 0 Å². The minimum Gasteiger partial charge on any atom is -0.163 e. The highest BCUT2D eigenvalue weighted by Gasteiger charge is 2.13. The summed E-state index contributed by atoms with van der Waals surface area (Å²) in [7, 11) is 0. The van der Waals surface area contributed by atoms with Crippen LogP contribution in [0.3, 0.4) is 0 Å². The maximum absolute atomic E-state index is 10.0. The second-order valence-electron chi connectivity index (χ2n) is 3.29. The summed E-state index contributed by atoms with van der Waals surface area (Å²) in [4.78, 5) is 12.8. The molecule has 0 aromatic rings. The lowest BCUT2D eigenvalue weighted by Crippen LogP contribution is -2.75. The van der Waals surface area contributed by atoms with E-state index in [4.69, 9.17) is 0 Å². The van der Waals surface area contributed by atoms with Crippen molar-refractivity contribution >= 4 is 6.08 Å². The number of hydrogen-bond acceptors (Lipinski definition) is 1. The second-order valence-corrected chi connectivity index (χ2v) is 3.29. The van der Waals surface area contributed by atoms with E-state index in [0.29, 0.717) is 6.04 Å². The maximum Gasteiger partial charge on any atom is 0.422 e. The van der Waals surface area contributed by atoms with Crippen LogP contribution in [0.15, 0.2) is 0 Å². The molecule has 62 valence electrons. The minimum absolute atomic E-state index is 0.410. The van der Waals surface area contributed by atoms with Crippen LogP contribution >= 0.6 is 0 Å². The van der Waals surface area contributed by atoms with E-state index in [2.05, 4.69) is 4.99 Å². The Hall–Kier alpha value is -0.620. The first-order valence-electron chi connectivity index (χ1n) is 4.56. The SMILES string of the molecule is O=C=[NH+]C1CCCCCCC1. The Morgan fingerprint density at radius 3 is 2.09 bits per heavy atom. The molecule has 1 aliphatic carbocycles. The molecule has 11 heavy (non-hydrogen) atoms. The molecule has 1 aliphatic rings. The lowest BCUT2D eigenvalue weighted by molar-refractivity contribution is -0.502. The summed E-state index contributed by atoms with van der Waals surface area (Å²) in [5, 5.41) is 0. The third-order valence-corrected chi connectivity index (χ3v) is 2.37. The van der Waals surface area contributed by atoms with Gasteiger partial charge in [0.1, 0.15) is 0 Å². The number of carbonyl (C=O) groups excluding carboxylic acids is 1. The maximum atomic E-state index is 10.0. The van der Waals surface area contributed by atoms with Gasteiger partial charge in [0, 0.05) is 12.8 Å². The van der Waals surface area contributed by atoms with Gasteiger partial charge >= 0.3 is 6.08 Å². The molecule has 2 nitrogen and oxygen atoms in total. The predicted octanol–water partition coefficient (Wildman–Crippen LogP) is 0.516. The van der Waals surface area contributed by atoms with Crippen LogP contribution in [-0.4, -0.2) is 12.1 Å². The van der Waals surface area contributed by atoms with Crippen molar-refractivity contribution in [1.82, 2.24) is 0 Å². The fourth-order valence-electron chi connectivity index (χ4n) is 1.68. The molecule has 1 saturated carbocycles. The van der Waals surface area contributed by atoms with Crippen molar-refractivity contribution in [2.24, 2.45) is 0 Å². The smallest absolute Gasteiger partial charge is 0.163 e. The van der Waals surface area contributed by atoms with E-state index in [0.717, 1.165) is 12.8 Å². The minimum atomic E-state index is 0.410. The molecule has 0 spiro atoms.